The summed E-state index contributed by atoms with van der Waals surface area (Å²) in [5, 5.41) is 6.64. The highest BCUT2D eigenvalue weighted by Crippen LogP contribution is 2.16. The van der Waals surface area contributed by atoms with Crippen molar-refractivity contribution in [1.82, 2.24) is 15.6 Å². The van der Waals surface area contributed by atoms with Gasteiger partial charge in [-0.25, -0.2) is 4.98 Å². The molecule has 1 aromatic carbocycles. The number of aromatic nitrogens is 1. The van der Waals surface area contributed by atoms with Crippen LogP contribution in [-0.2, 0) is 22.6 Å². The zero-order valence-corrected chi connectivity index (χ0v) is 20.4. The number of hydrogen-bond donors (Lipinski definition) is 2. The molecule has 0 radical (unpaired) electrons. The SMILES string of the molecule is CN=C(NCCCOCC1CCOC1)NCc1cccnc1OCc1ccccc1.I. The number of hydrogen-bond acceptors (Lipinski definition) is 5. The lowest BCUT2D eigenvalue weighted by Crippen LogP contribution is -2.37. The summed E-state index contributed by atoms with van der Waals surface area (Å²) in [6.07, 6.45) is 3.78. The third-order valence-electron chi connectivity index (χ3n) is 4.87. The summed E-state index contributed by atoms with van der Waals surface area (Å²) >= 11 is 0. The highest BCUT2D eigenvalue weighted by molar-refractivity contribution is 14.0. The molecule has 0 bridgehead atoms. The van der Waals surface area contributed by atoms with Crippen molar-refractivity contribution in [2.75, 3.05) is 40.0 Å². The third-order valence-corrected chi connectivity index (χ3v) is 4.87. The average molecular weight is 540 g/mol. The lowest BCUT2D eigenvalue weighted by Gasteiger charge is -2.14. The fourth-order valence-corrected chi connectivity index (χ4v) is 3.16. The maximum Gasteiger partial charge on any atom is 0.218 e. The van der Waals surface area contributed by atoms with Gasteiger partial charge in [-0.05, 0) is 24.5 Å². The molecule has 31 heavy (non-hydrogen) atoms. The Kier molecular flexibility index (Phi) is 12.3. The molecule has 0 amide bonds. The monoisotopic (exact) mass is 540 g/mol. The molecule has 1 aromatic heterocycles. The third kappa shape index (κ3) is 9.40. The van der Waals surface area contributed by atoms with Crippen molar-refractivity contribution in [3.8, 4) is 5.88 Å². The van der Waals surface area contributed by atoms with Crippen LogP contribution >= 0.6 is 24.0 Å². The molecule has 2 N–H and O–H groups in total. The van der Waals surface area contributed by atoms with Crippen LogP contribution in [0.1, 0.15) is 24.0 Å². The van der Waals surface area contributed by atoms with Crippen molar-refractivity contribution in [2.45, 2.75) is 26.0 Å². The summed E-state index contributed by atoms with van der Waals surface area (Å²) in [6.45, 7) is 5.10. The van der Waals surface area contributed by atoms with E-state index in [1.807, 2.05) is 42.5 Å². The van der Waals surface area contributed by atoms with Gasteiger partial charge in [0.05, 0.1) is 13.2 Å². The Bertz CT molecular complexity index is 770. The lowest BCUT2D eigenvalue weighted by atomic mass is 10.1. The standard InChI is InChI=1S/C23H32N4O3.HI/c1-24-23(26-12-6-13-28-16-20-10-14-29-17-20)27-15-21-9-5-11-25-22(21)30-18-19-7-3-2-4-8-19;/h2-5,7-9,11,20H,6,10,12-18H2,1H3,(H2,24,26,27);1H. The van der Waals surface area contributed by atoms with Crippen molar-refractivity contribution < 1.29 is 14.2 Å². The summed E-state index contributed by atoms with van der Waals surface area (Å²) in [6, 6.07) is 14.0. The van der Waals surface area contributed by atoms with E-state index in [2.05, 4.69) is 20.6 Å². The number of aliphatic imine (C=N–C) groups is 1. The molecular formula is C23H33IN4O3. The van der Waals surface area contributed by atoms with Crippen LogP contribution in [0, 0.1) is 5.92 Å². The summed E-state index contributed by atoms with van der Waals surface area (Å²) in [7, 11) is 1.77. The Labute approximate surface area is 202 Å². The molecule has 1 fully saturated rings. The Morgan fingerprint density at radius 2 is 2.06 bits per heavy atom. The van der Waals surface area contributed by atoms with E-state index >= 15 is 0 Å². The molecule has 0 saturated carbocycles. The zero-order valence-electron chi connectivity index (χ0n) is 18.1. The molecule has 2 aromatic rings. The van der Waals surface area contributed by atoms with Crippen molar-refractivity contribution in [3.63, 3.8) is 0 Å². The number of nitrogens with zero attached hydrogens (tertiary/aromatic N) is 2. The molecule has 170 valence electrons. The fraction of sp³-hybridized carbons (Fsp3) is 0.478. The summed E-state index contributed by atoms with van der Waals surface area (Å²) in [5.41, 5.74) is 2.10. The predicted molar refractivity (Wildman–Crippen MR) is 133 cm³/mol. The molecule has 1 saturated heterocycles. The van der Waals surface area contributed by atoms with Gasteiger partial charge >= 0.3 is 0 Å². The molecular weight excluding hydrogens is 507 g/mol. The van der Waals surface area contributed by atoms with Gasteiger partial charge in [0.25, 0.3) is 0 Å². The maximum absolute atomic E-state index is 5.92. The van der Waals surface area contributed by atoms with Crippen LogP contribution in [0.2, 0.25) is 0 Å². The average Bonchev–Trinajstić information content (AvgIpc) is 3.31. The molecule has 7 nitrogen and oxygen atoms in total. The second-order valence-electron chi connectivity index (χ2n) is 7.25. The Balaban J connectivity index is 0.00000341. The fourth-order valence-electron chi connectivity index (χ4n) is 3.16. The van der Waals surface area contributed by atoms with E-state index in [0.717, 1.165) is 62.9 Å². The second kappa shape index (κ2) is 15.0. The van der Waals surface area contributed by atoms with E-state index in [1.165, 1.54) is 0 Å². The molecule has 1 aliphatic rings. The van der Waals surface area contributed by atoms with Crippen LogP contribution in [0.15, 0.2) is 53.7 Å². The van der Waals surface area contributed by atoms with Crippen LogP contribution in [-0.4, -0.2) is 51.0 Å². The van der Waals surface area contributed by atoms with Gasteiger partial charge in [0.15, 0.2) is 5.96 Å². The smallest absolute Gasteiger partial charge is 0.218 e. The number of benzene rings is 1. The molecule has 0 spiro atoms. The highest BCUT2D eigenvalue weighted by atomic mass is 127. The van der Waals surface area contributed by atoms with Crippen molar-refractivity contribution in [3.05, 3.63) is 59.8 Å². The molecule has 8 heteroatoms. The Morgan fingerprint density at radius 1 is 1.19 bits per heavy atom. The Morgan fingerprint density at radius 3 is 2.84 bits per heavy atom. The first kappa shape index (κ1) is 25.4. The highest BCUT2D eigenvalue weighted by Gasteiger charge is 2.15. The van der Waals surface area contributed by atoms with Crippen LogP contribution in [0.5, 0.6) is 5.88 Å². The largest absolute Gasteiger partial charge is 0.473 e. The molecule has 1 atom stereocenters. The minimum Gasteiger partial charge on any atom is -0.473 e. The second-order valence-corrected chi connectivity index (χ2v) is 7.25. The van der Waals surface area contributed by atoms with Gasteiger partial charge in [-0.3, -0.25) is 4.99 Å². The first-order chi connectivity index (χ1) is 14.8. The first-order valence-corrected chi connectivity index (χ1v) is 10.6. The number of pyridine rings is 1. The summed E-state index contributed by atoms with van der Waals surface area (Å²) < 4.78 is 17.0. The van der Waals surface area contributed by atoms with Crippen LogP contribution in [0.4, 0.5) is 0 Å². The van der Waals surface area contributed by atoms with Gasteiger partial charge < -0.3 is 24.8 Å². The van der Waals surface area contributed by atoms with Crippen molar-refractivity contribution in [2.24, 2.45) is 10.9 Å². The molecule has 1 aliphatic heterocycles. The number of ether oxygens (including phenoxy) is 3. The number of nitrogens with one attached hydrogen (secondary N) is 2. The summed E-state index contributed by atoms with van der Waals surface area (Å²) in [5.74, 6) is 1.94. The maximum atomic E-state index is 5.92. The number of rotatable bonds is 11. The van der Waals surface area contributed by atoms with Gasteiger partial charge in [-0.2, -0.15) is 0 Å². The van der Waals surface area contributed by atoms with Crippen molar-refractivity contribution >= 4 is 29.9 Å². The molecule has 2 heterocycles. The number of halogens is 1. The van der Waals surface area contributed by atoms with E-state index in [0.29, 0.717) is 24.9 Å². The van der Waals surface area contributed by atoms with Gasteiger partial charge in [0, 0.05) is 51.0 Å². The van der Waals surface area contributed by atoms with Crippen LogP contribution in [0.25, 0.3) is 0 Å². The minimum absolute atomic E-state index is 0. The van der Waals surface area contributed by atoms with E-state index in [1.54, 1.807) is 13.2 Å². The topological polar surface area (TPSA) is 77.0 Å². The van der Waals surface area contributed by atoms with Crippen molar-refractivity contribution in [1.29, 1.82) is 0 Å². The molecule has 0 aliphatic carbocycles. The van der Waals surface area contributed by atoms with E-state index in [-0.39, 0.29) is 24.0 Å². The van der Waals surface area contributed by atoms with Crippen LogP contribution < -0.4 is 15.4 Å². The van der Waals surface area contributed by atoms with E-state index in [4.69, 9.17) is 14.2 Å². The van der Waals surface area contributed by atoms with Gasteiger partial charge in [0.1, 0.15) is 6.61 Å². The van der Waals surface area contributed by atoms with E-state index < -0.39 is 0 Å². The number of guanidine groups is 1. The van der Waals surface area contributed by atoms with Gasteiger partial charge in [0.2, 0.25) is 5.88 Å². The summed E-state index contributed by atoms with van der Waals surface area (Å²) in [4.78, 5) is 8.66. The minimum atomic E-state index is 0. The molecule has 3 rings (SSSR count). The van der Waals surface area contributed by atoms with E-state index in [9.17, 15) is 0 Å². The van der Waals surface area contributed by atoms with Gasteiger partial charge in [-0.15, -0.1) is 24.0 Å². The first-order valence-electron chi connectivity index (χ1n) is 10.6. The molecule has 1 unspecified atom stereocenters. The normalized spacial score (nSPS) is 15.9. The van der Waals surface area contributed by atoms with Gasteiger partial charge in [-0.1, -0.05) is 36.4 Å². The van der Waals surface area contributed by atoms with Crippen LogP contribution in [0.3, 0.4) is 0 Å². The Hall–Kier alpha value is -1.91. The lowest BCUT2D eigenvalue weighted by molar-refractivity contribution is 0.0888. The predicted octanol–water partition coefficient (Wildman–Crippen LogP) is 3.39. The quantitative estimate of drug-likeness (QED) is 0.197. The zero-order chi connectivity index (χ0) is 20.9.